The normalized spacial score (nSPS) is 17.1. The predicted octanol–water partition coefficient (Wildman–Crippen LogP) is 2.97. The van der Waals surface area contributed by atoms with Gasteiger partial charge in [0.15, 0.2) is 0 Å². The van der Waals surface area contributed by atoms with Gasteiger partial charge in [-0.25, -0.2) is 4.79 Å². The molecule has 0 atom stereocenters. The molecule has 0 radical (unpaired) electrons. The average molecular weight is 211 g/mol. The van der Waals surface area contributed by atoms with E-state index in [0.717, 1.165) is 13.0 Å². The van der Waals surface area contributed by atoms with Gasteiger partial charge in [0.05, 0.1) is 6.54 Å². The van der Waals surface area contributed by atoms with Crippen LogP contribution in [-0.2, 0) is 4.74 Å². The molecule has 0 aliphatic carbocycles. The molecule has 86 valence electrons. The second-order valence-electron chi connectivity index (χ2n) is 4.07. The smallest absolute Gasteiger partial charge is 0.410 e. The summed E-state index contributed by atoms with van der Waals surface area (Å²) in [5, 5.41) is 0. The number of rotatable bonds is 6. The molecule has 0 bridgehead atoms. The van der Waals surface area contributed by atoms with Crippen LogP contribution in [0.2, 0.25) is 0 Å². The zero-order valence-electron chi connectivity index (χ0n) is 9.79. The molecular weight excluding hydrogens is 190 g/mol. The highest BCUT2D eigenvalue weighted by molar-refractivity contribution is 5.69. The van der Waals surface area contributed by atoms with Crippen LogP contribution in [0.15, 0.2) is 11.6 Å². The molecular formula is C12H21NO2. The number of hydrogen-bond donors (Lipinski definition) is 0. The molecule has 1 fully saturated rings. The lowest BCUT2D eigenvalue weighted by Crippen LogP contribution is -2.24. The van der Waals surface area contributed by atoms with Crippen molar-refractivity contribution in [1.29, 1.82) is 0 Å². The molecule has 0 N–H and O–H groups in total. The van der Waals surface area contributed by atoms with E-state index >= 15 is 0 Å². The maximum Gasteiger partial charge on any atom is 0.410 e. The Kier molecular flexibility index (Phi) is 5.22. The molecule has 0 aromatic heterocycles. The molecule has 15 heavy (non-hydrogen) atoms. The van der Waals surface area contributed by atoms with E-state index in [0.29, 0.717) is 13.2 Å². The SMILES string of the molecule is CCCCC/C(C)=C/CN1CCOC1=O. The first-order chi connectivity index (χ1) is 7.24. The fourth-order valence-corrected chi connectivity index (χ4v) is 1.61. The van der Waals surface area contributed by atoms with Gasteiger partial charge < -0.3 is 9.64 Å². The summed E-state index contributed by atoms with van der Waals surface area (Å²) in [4.78, 5) is 12.9. The van der Waals surface area contributed by atoms with Crippen molar-refractivity contribution in [2.24, 2.45) is 0 Å². The van der Waals surface area contributed by atoms with Gasteiger partial charge in [0.1, 0.15) is 6.61 Å². The number of nitrogens with zero attached hydrogens (tertiary/aromatic N) is 1. The third kappa shape index (κ3) is 4.36. The Hall–Kier alpha value is -0.990. The highest BCUT2D eigenvalue weighted by Crippen LogP contribution is 2.09. The summed E-state index contributed by atoms with van der Waals surface area (Å²) in [5.41, 5.74) is 1.38. The number of hydrogen-bond acceptors (Lipinski definition) is 2. The van der Waals surface area contributed by atoms with Gasteiger partial charge in [0, 0.05) is 6.54 Å². The van der Waals surface area contributed by atoms with E-state index in [4.69, 9.17) is 4.74 Å². The van der Waals surface area contributed by atoms with Crippen molar-refractivity contribution in [1.82, 2.24) is 4.90 Å². The second-order valence-corrected chi connectivity index (χ2v) is 4.07. The maximum absolute atomic E-state index is 11.1. The minimum Gasteiger partial charge on any atom is -0.448 e. The van der Waals surface area contributed by atoms with Gasteiger partial charge in [0.2, 0.25) is 0 Å². The third-order valence-electron chi connectivity index (χ3n) is 2.68. The Bertz CT molecular complexity index is 236. The van der Waals surface area contributed by atoms with Gasteiger partial charge in [-0.05, 0) is 19.8 Å². The number of carbonyl (C=O) groups is 1. The zero-order valence-corrected chi connectivity index (χ0v) is 9.79. The molecule has 0 unspecified atom stereocenters. The lowest BCUT2D eigenvalue weighted by Gasteiger charge is -2.09. The molecule has 0 saturated carbocycles. The van der Waals surface area contributed by atoms with E-state index in [9.17, 15) is 4.79 Å². The Morgan fingerprint density at radius 2 is 2.33 bits per heavy atom. The van der Waals surface area contributed by atoms with Crippen molar-refractivity contribution in [3.8, 4) is 0 Å². The van der Waals surface area contributed by atoms with Crippen molar-refractivity contribution >= 4 is 6.09 Å². The van der Waals surface area contributed by atoms with E-state index in [1.807, 2.05) is 0 Å². The van der Waals surface area contributed by atoms with E-state index in [2.05, 4.69) is 19.9 Å². The summed E-state index contributed by atoms with van der Waals surface area (Å²) in [6.07, 6.45) is 6.91. The first-order valence-corrected chi connectivity index (χ1v) is 5.81. The molecule has 0 aromatic carbocycles. The summed E-state index contributed by atoms with van der Waals surface area (Å²) in [7, 11) is 0. The summed E-state index contributed by atoms with van der Waals surface area (Å²) in [6, 6.07) is 0. The largest absolute Gasteiger partial charge is 0.448 e. The van der Waals surface area contributed by atoms with E-state index in [1.165, 1.54) is 24.8 Å². The van der Waals surface area contributed by atoms with E-state index < -0.39 is 0 Å². The number of amides is 1. The lowest BCUT2D eigenvalue weighted by molar-refractivity contribution is 0.161. The average Bonchev–Trinajstić information content (AvgIpc) is 2.61. The summed E-state index contributed by atoms with van der Waals surface area (Å²) in [5.74, 6) is 0. The molecule has 1 aliphatic rings. The van der Waals surface area contributed by atoms with Crippen LogP contribution >= 0.6 is 0 Å². The second kappa shape index (κ2) is 6.49. The van der Waals surface area contributed by atoms with Crippen LogP contribution in [0.3, 0.4) is 0 Å². The third-order valence-corrected chi connectivity index (χ3v) is 2.68. The number of carbonyl (C=O) groups excluding carboxylic acids is 1. The van der Waals surface area contributed by atoms with Crippen LogP contribution < -0.4 is 0 Å². The molecule has 1 aliphatic heterocycles. The van der Waals surface area contributed by atoms with Crippen molar-refractivity contribution in [3.05, 3.63) is 11.6 Å². The lowest BCUT2D eigenvalue weighted by atomic mass is 10.1. The van der Waals surface area contributed by atoms with Crippen LogP contribution in [0.5, 0.6) is 0 Å². The Morgan fingerprint density at radius 1 is 1.53 bits per heavy atom. The van der Waals surface area contributed by atoms with Crippen LogP contribution in [0.4, 0.5) is 4.79 Å². The van der Waals surface area contributed by atoms with Gasteiger partial charge in [-0.2, -0.15) is 0 Å². The van der Waals surface area contributed by atoms with Crippen LogP contribution in [0.1, 0.15) is 39.5 Å². The first kappa shape index (κ1) is 12.1. The highest BCUT2D eigenvalue weighted by Gasteiger charge is 2.19. The maximum atomic E-state index is 11.1. The van der Waals surface area contributed by atoms with Crippen molar-refractivity contribution < 1.29 is 9.53 Å². The van der Waals surface area contributed by atoms with E-state index in [-0.39, 0.29) is 6.09 Å². The summed E-state index contributed by atoms with van der Waals surface area (Å²) in [6.45, 7) is 6.33. The Morgan fingerprint density at radius 3 is 2.93 bits per heavy atom. The molecule has 0 spiro atoms. The predicted molar refractivity (Wildman–Crippen MR) is 60.8 cm³/mol. The minimum absolute atomic E-state index is 0.174. The van der Waals surface area contributed by atoms with E-state index in [1.54, 1.807) is 4.90 Å². The zero-order chi connectivity index (χ0) is 11.1. The molecule has 1 amide bonds. The van der Waals surface area contributed by atoms with Gasteiger partial charge in [-0.15, -0.1) is 0 Å². The minimum atomic E-state index is -0.174. The Labute approximate surface area is 92.1 Å². The first-order valence-electron chi connectivity index (χ1n) is 5.81. The topological polar surface area (TPSA) is 29.5 Å². The van der Waals surface area contributed by atoms with Crippen molar-refractivity contribution in [2.75, 3.05) is 19.7 Å². The molecule has 1 heterocycles. The molecule has 0 aromatic rings. The fourth-order valence-electron chi connectivity index (χ4n) is 1.61. The number of cyclic esters (lactones) is 1. The standard InChI is InChI=1S/C12H21NO2/c1-3-4-5-6-11(2)7-8-13-9-10-15-12(13)14/h7H,3-6,8-10H2,1-2H3/b11-7+. The molecule has 3 nitrogen and oxygen atoms in total. The highest BCUT2D eigenvalue weighted by atomic mass is 16.6. The van der Waals surface area contributed by atoms with Gasteiger partial charge in [0.25, 0.3) is 0 Å². The quantitative estimate of drug-likeness (QED) is 0.499. The van der Waals surface area contributed by atoms with Crippen molar-refractivity contribution in [2.45, 2.75) is 39.5 Å². The van der Waals surface area contributed by atoms with Gasteiger partial charge in [-0.3, -0.25) is 0 Å². The molecule has 1 saturated heterocycles. The monoisotopic (exact) mass is 211 g/mol. The number of ether oxygens (including phenoxy) is 1. The van der Waals surface area contributed by atoms with Crippen LogP contribution in [0.25, 0.3) is 0 Å². The van der Waals surface area contributed by atoms with Gasteiger partial charge in [-0.1, -0.05) is 31.4 Å². The summed E-state index contributed by atoms with van der Waals surface area (Å²) >= 11 is 0. The molecule has 3 heteroatoms. The number of allylic oxidation sites excluding steroid dienone is 1. The van der Waals surface area contributed by atoms with Crippen LogP contribution in [-0.4, -0.2) is 30.7 Å². The number of unbranched alkanes of at least 4 members (excludes halogenated alkanes) is 2. The van der Waals surface area contributed by atoms with Crippen molar-refractivity contribution in [3.63, 3.8) is 0 Å². The van der Waals surface area contributed by atoms with Crippen LogP contribution in [0, 0.1) is 0 Å². The van der Waals surface area contributed by atoms with Gasteiger partial charge >= 0.3 is 6.09 Å². The fraction of sp³-hybridized carbons (Fsp3) is 0.750. The summed E-state index contributed by atoms with van der Waals surface area (Å²) < 4.78 is 4.85. The molecule has 1 rings (SSSR count). The Balaban J connectivity index is 2.20.